The van der Waals surface area contributed by atoms with Crippen LogP contribution in [0.3, 0.4) is 0 Å². The standard InChI is InChI=1S/C23H28N2O3/c1-2-28-20-11-9-18(10-12-20)22(26)13-14-23(27)24-17-19-7-3-4-8-21(19)25-15-5-6-16-25/h3-4,7-12H,2,5-6,13-17H2,1H3,(H,24,27). The Labute approximate surface area is 166 Å². The molecule has 0 radical (unpaired) electrons. The fraction of sp³-hybridized carbons (Fsp3) is 0.391. The first-order valence-corrected chi connectivity index (χ1v) is 10.0. The van der Waals surface area contributed by atoms with Crippen molar-refractivity contribution < 1.29 is 14.3 Å². The average Bonchev–Trinajstić information content (AvgIpc) is 3.26. The van der Waals surface area contributed by atoms with Gasteiger partial charge in [-0.1, -0.05) is 18.2 Å². The molecule has 0 aliphatic carbocycles. The number of ether oxygens (including phenoxy) is 1. The second kappa shape index (κ2) is 9.93. The Balaban J connectivity index is 1.48. The number of carbonyl (C=O) groups is 2. The second-order valence-electron chi connectivity index (χ2n) is 6.98. The Hall–Kier alpha value is -2.82. The SMILES string of the molecule is CCOc1ccc(C(=O)CCC(=O)NCc2ccccc2N2CCCC2)cc1. The van der Waals surface area contributed by atoms with Gasteiger partial charge < -0.3 is 15.0 Å². The Morgan fingerprint density at radius 2 is 1.71 bits per heavy atom. The molecule has 28 heavy (non-hydrogen) atoms. The molecule has 1 aliphatic heterocycles. The lowest BCUT2D eigenvalue weighted by Gasteiger charge is -2.21. The molecule has 0 spiro atoms. The first-order valence-electron chi connectivity index (χ1n) is 10.0. The fourth-order valence-corrected chi connectivity index (χ4v) is 3.48. The van der Waals surface area contributed by atoms with Crippen molar-refractivity contribution in [1.29, 1.82) is 0 Å². The van der Waals surface area contributed by atoms with Gasteiger partial charge in [0.15, 0.2) is 5.78 Å². The molecule has 0 aromatic heterocycles. The van der Waals surface area contributed by atoms with E-state index in [0.29, 0.717) is 18.7 Å². The Morgan fingerprint density at radius 3 is 2.43 bits per heavy atom. The second-order valence-corrected chi connectivity index (χ2v) is 6.98. The van der Waals surface area contributed by atoms with Crippen molar-refractivity contribution in [3.8, 4) is 5.75 Å². The Bertz CT molecular complexity index is 796. The van der Waals surface area contributed by atoms with E-state index >= 15 is 0 Å². The number of anilines is 1. The van der Waals surface area contributed by atoms with Gasteiger partial charge >= 0.3 is 0 Å². The molecule has 0 saturated carbocycles. The van der Waals surface area contributed by atoms with Crippen LogP contribution in [0, 0.1) is 0 Å². The van der Waals surface area contributed by atoms with Crippen LogP contribution < -0.4 is 15.0 Å². The summed E-state index contributed by atoms with van der Waals surface area (Å²) < 4.78 is 5.38. The molecule has 0 bridgehead atoms. The van der Waals surface area contributed by atoms with Gasteiger partial charge in [-0.15, -0.1) is 0 Å². The molecule has 0 unspecified atom stereocenters. The number of hydrogen-bond acceptors (Lipinski definition) is 4. The first kappa shape index (κ1) is 19.9. The van der Waals surface area contributed by atoms with E-state index in [1.807, 2.05) is 19.1 Å². The molecule has 1 aliphatic rings. The maximum Gasteiger partial charge on any atom is 0.220 e. The third-order valence-corrected chi connectivity index (χ3v) is 4.98. The van der Waals surface area contributed by atoms with Gasteiger partial charge in [-0.2, -0.15) is 0 Å². The number of rotatable bonds is 9. The summed E-state index contributed by atoms with van der Waals surface area (Å²) in [6.45, 7) is 5.14. The highest BCUT2D eigenvalue weighted by Crippen LogP contribution is 2.24. The van der Waals surface area contributed by atoms with Crippen molar-refractivity contribution in [3.63, 3.8) is 0 Å². The van der Waals surface area contributed by atoms with Crippen LogP contribution in [0.4, 0.5) is 5.69 Å². The summed E-state index contributed by atoms with van der Waals surface area (Å²) in [4.78, 5) is 26.9. The number of amides is 1. The highest BCUT2D eigenvalue weighted by atomic mass is 16.5. The van der Waals surface area contributed by atoms with E-state index in [4.69, 9.17) is 4.74 Å². The molecule has 5 nitrogen and oxygen atoms in total. The number of ketones is 1. The van der Waals surface area contributed by atoms with Crippen molar-refractivity contribution in [2.45, 2.75) is 39.2 Å². The lowest BCUT2D eigenvalue weighted by atomic mass is 10.1. The molecule has 1 fully saturated rings. The molecular weight excluding hydrogens is 352 g/mol. The molecule has 0 atom stereocenters. The van der Waals surface area contributed by atoms with Crippen LogP contribution >= 0.6 is 0 Å². The summed E-state index contributed by atoms with van der Waals surface area (Å²) in [6.07, 6.45) is 2.83. The van der Waals surface area contributed by atoms with Crippen molar-refractivity contribution in [2.24, 2.45) is 0 Å². The van der Waals surface area contributed by atoms with E-state index in [1.165, 1.54) is 18.5 Å². The number of Topliss-reactive ketones (excluding diaryl/α,β-unsaturated/α-hetero) is 1. The summed E-state index contributed by atoms with van der Waals surface area (Å²) in [5, 5.41) is 2.96. The smallest absolute Gasteiger partial charge is 0.220 e. The van der Waals surface area contributed by atoms with Gasteiger partial charge in [-0.05, 0) is 55.7 Å². The summed E-state index contributed by atoms with van der Waals surface area (Å²) in [6, 6.07) is 15.3. The molecule has 3 rings (SSSR count). The molecule has 2 aromatic carbocycles. The maximum atomic E-state index is 12.3. The molecule has 5 heteroatoms. The zero-order valence-electron chi connectivity index (χ0n) is 16.4. The third kappa shape index (κ3) is 5.35. The number of nitrogens with zero attached hydrogens (tertiary/aromatic N) is 1. The van der Waals surface area contributed by atoms with Gasteiger partial charge in [0.05, 0.1) is 6.61 Å². The predicted molar refractivity (Wildman–Crippen MR) is 111 cm³/mol. The van der Waals surface area contributed by atoms with Crippen molar-refractivity contribution >= 4 is 17.4 Å². The lowest BCUT2D eigenvalue weighted by Crippen LogP contribution is -2.25. The monoisotopic (exact) mass is 380 g/mol. The zero-order chi connectivity index (χ0) is 19.8. The van der Waals surface area contributed by atoms with Gasteiger partial charge in [0.1, 0.15) is 5.75 Å². The largest absolute Gasteiger partial charge is 0.494 e. The summed E-state index contributed by atoms with van der Waals surface area (Å²) in [5.74, 6) is 0.611. The van der Waals surface area contributed by atoms with Crippen LogP contribution in [0.1, 0.15) is 48.5 Å². The average molecular weight is 380 g/mol. The minimum atomic E-state index is -0.101. The quantitative estimate of drug-likeness (QED) is 0.669. The summed E-state index contributed by atoms with van der Waals surface area (Å²) >= 11 is 0. The molecule has 1 N–H and O–H groups in total. The summed E-state index contributed by atoms with van der Waals surface area (Å²) in [5.41, 5.74) is 2.93. The van der Waals surface area contributed by atoms with E-state index < -0.39 is 0 Å². The van der Waals surface area contributed by atoms with Gasteiger partial charge in [0.2, 0.25) is 5.91 Å². The molecule has 1 saturated heterocycles. The van der Waals surface area contributed by atoms with Gasteiger partial charge in [0.25, 0.3) is 0 Å². The Kier molecular flexibility index (Phi) is 7.06. The van der Waals surface area contributed by atoms with Gasteiger partial charge in [-0.25, -0.2) is 0 Å². The van der Waals surface area contributed by atoms with Crippen LogP contribution in [0.15, 0.2) is 48.5 Å². The third-order valence-electron chi connectivity index (χ3n) is 4.98. The van der Waals surface area contributed by atoms with E-state index in [0.717, 1.165) is 24.4 Å². The number of hydrogen-bond donors (Lipinski definition) is 1. The summed E-state index contributed by atoms with van der Waals surface area (Å²) in [7, 11) is 0. The van der Waals surface area contributed by atoms with E-state index in [2.05, 4.69) is 22.3 Å². The predicted octanol–water partition coefficient (Wildman–Crippen LogP) is 3.96. The minimum Gasteiger partial charge on any atom is -0.494 e. The van der Waals surface area contributed by atoms with Crippen LogP contribution in [-0.4, -0.2) is 31.4 Å². The van der Waals surface area contributed by atoms with Crippen molar-refractivity contribution in [1.82, 2.24) is 5.32 Å². The number of carbonyl (C=O) groups excluding carboxylic acids is 2. The Morgan fingerprint density at radius 1 is 1.00 bits per heavy atom. The number of nitrogens with one attached hydrogen (secondary N) is 1. The molecular formula is C23H28N2O3. The lowest BCUT2D eigenvalue weighted by molar-refractivity contribution is -0.121. The van der Waals surface area contributed by atoms with E-state index in [1.54, 1.807) is 24.3 Å². The minimum absolute atomic E-state index is 0.0318. The molecule has 1 heterocycles. The zero-order valence-corrected chi connectivity index (χ0v) is 16.4. The maximum absolute atomic E-state index is 12.3. The topological polar surface area (TPSA) is 58.6 Å². The molecule has 148 valence electrons. The highest BCUT2D eigenvalue weighted by Gasteiger charge is 2.16. The first-order chi connectivity index (χ1) is 13.7. The van der Waals surface area contributed by atoms with Gasteiger partial charge in [0, 0.05) is 43.7 Å². The number of benzene rings is 2. The van der Waals surface area contributed by atoms with Crippen molar-refractivity contribution in [2.75, 3.05) is 24.6 Å². The van der Waals surface area contributed by atoms with Gasteiger partial charge in [-0.3, -0.25) is 9.59 Å². The van der Waals surface area contributed by atoms with E-state index in [9.17, 15) is 9.59 Å². The van der Waals surface area contributed by atoms with Crippen LogP contribution in [-0.2, 0) is 11.3 Å². The number of para-hydroxylation sites is 1. The van der Waals surface area contributed by atoms with Crippen molar-refractivity contribution in [3.05, 3.63) is 59.7 Å². The van der Waals surface area contributed by atoms with E-state index in [-0.39, 0.29) is 24.5 Å². The molecule has 2 aromatic rings. The van der Waals surface area contributed by atoms with Crippen LogP contribution in [0.25, 0.3) is 0 Å². The highest BCUT2D eigenvalue weighted by molar-refractivity contribution is 5.98. The van der Waals surface area contributed by atoms with Crippen LogP contribution in [0.5, 0.6) is 5.75 Å². The normalized spacial score (nSPS) is 13.4. The fourth-order valence-electron chi connectivity index (χ4n) is 3.48. The van der Waals surface area contributed by atoms with Crippen LogP contribution in [0.2, 0.25) is 0 Å². The molecule has 1 amide bonds.